The second kappa shape index (κ2) is 37.9. The van der Waals surface area contributed by atoms with Gasteiger partial charge in [-0.2, -0.15) is 0 Å². The molecule has 0 bridgehead atoms. The Labute approximate surface area is 328 Å². The van der Waals surface area contributed by atoms with Crippen LogP contribution in [-0.4, -0.2) is 59.9 Å². The summed E-state index contributed by atoms with van der Waals surface area (Å²) in [6, 6.07) is -1.52. The third-order valence-electron chi connectivity index (χ3n) is 9.19. The normalized spacial score (nSPS) is 14.0. The summed E-state index contributed by atoms with van der Waals surface area (Å²) in [5.74, 6) is -2.44. The maximum Gasteiger partial charge on any atom is 0.472 e. The molecule has 316 valence electrons. The molecule has 11 nitrogen and oxygen atoms in total. The van der Waals surface area contributed by atoms with Gasteiger partial charge in [0.2, 0.25) is 0 Å². The smallest absolute Gasteiger partial charge is 0.472 e. The summed E-state index contributed by atoms with van der Waals surface area (Å²) in [5.41, 5.74) is 5.32. The number of hydrogen-bond donors (Lipinski definition) is 3. The van der Waals surface area contributed by atoms with Crippen molar-refractivity contribution in [2.24, 2.45) is 5.73 Å². The molecule has 0 aliphatic rings. The highest BCUT2D eigenvalue weighted by molar-refractivity contribution is 7.47. The molecule has 0 aromatic carbocycles. The summed E-state index contributed by atoms with van der Waals surface area (Å²) >= 11 is 0. The van der Waals surface area contributed by atoms with Gasteiger partial charge >= 0.3 is 25.7 Å². The van der Waals surface area contributed by atoms with Crippen LogP contribution in [0.5, 0.6) is 0 Å². The molecule has 3 atom stereocenters. The summed E-state index contributed by atoms with van der Waals surface area (Å²) in [6.45, 7) is 2.76. The SMILES string of the molecule is CCCCCCCC/C=C/CCCCCCCC(=O)OC[C@H](COP(=O)(O)OC[C@H](N)C(=O)O)OC(=O)CC/C=C/CCCCCCCCCCCCC. The first-order chi connectivity index (χ1) is 26.1. The van der Waals surface area contributed by atoms with Crippen LogP contribution in [0.4, 0.5) is 0 Å². The van der Waals surface area contributed by atoms with E-state index in [1.54, 1.807) is 0 Å². The molecule has 12 heteroatoms. The molecule has 0 rings (SSSR count). The topological polar surface area (TPSA) is 172 Å². The number of ether oxygens (including phenoxy) is 2. The molecule has 0 saturated carbocycles. The Bertz CT molecular complexity index is 1020. The lowest BCUT2D eigenvalue weighted by Gasteiger charge is -2.20. The summed E-state index contributed by atoms with van der Waals surface area (Å²) in [7, 11) is -4.72. The lowest BCUT2D eigenvalue weighted by Crippen LogP contribution is -2.34. The Balaban J connectivity index is 4.42. The van der Waals surface area contributed by atoms with E-state index in [1.165, 1.54) is 103 Å². The van der Waals surface area contributed by atoms with Crippen molar-refractivity contribution in [1.29, 1.82) is 0 Å². The van der Waals surface area contributed by atoms with E-state index in [2.05, 4.69) is 36.6 Å². The number of carbonyl (C=O) groups excluding carboxylic acids is 2. The monoisotopic (exact) mass is 788 g/mol. The van der Waals surface area contributed by atoms with E-state index in [0.29, 0.717) is 12.8 Å². The zero-order valence-corrected chi connectivity index (χ0v) is 35.0. The van der Waals surface area contributed by atoms with Gasteiger partial charge in [0.15, 0.2) is 6.10 Å². The maximum atomic E-state index is 12.6. The number of rotatable bonds is 40. The van der Waals surface area contributed by atoms with Crippen LogP contribution in [0.2, 0.25) is 0 Å². The first-order valence-electron chi connectivity index (χ1n) is 21.4. The minimum atomic E-state index is -4.72. The van der Waals surface area contributed by atoms with Crippen LogP contribution in [0.1, 0.15) is 194 Å². The van der Waals surface area contributed by atoms with Crippen LogP contribution in [-0.2, 0) is 37.5 Å². The molecule has 1 unspecified atom stereocenters. The molecule has 0 aliphatic heterocycles. The third-order valence-corrected chi connectivity index (χ3v) is 10.1. The van der Waals surface area contributed by atoms with Crippen molar-refractivity contribution in [3.8, 4) is 0 Å². The van der Waals surface area contributed by atoms with Crippen LogP contribution >= 0.6 is 7.82 Å². The summed E-state index contributed by atoms with van der Waals surface area (Å²) < 4.78 is 32.6. The molecular formula is C42H78NO10P. The first-order valence-corrected chi connectivity index (χ1v) is 22.9. The molecule has 0 spiro atoms. The number of carboxylic acids is 1. The second-order valence-electron chi connectivity index (χ2n) is 14.5. The highest BCUT2D eigenvalue weighted by Crippen LogP contribution is 2.43. The van der Waals surface area contributed by atoms with Gasteiger partial charge in [0.05, 0.1) is 13.2 Å². The highest BCUT2D eigenvalue weighted by atomic mass is 31.2. The van der Waals surface area contributed by atoms with Crippen molar-refractivity contribution >= 4 is 25.7 Å². The number of unbranched alkanes of at least 4 members (excludes halogenated alkanes) is 22. The lowest BCUT2D eigenvalue weighted by molar-refractivity contribution is -0.161. The van der Waals surface area contributed by atoms with E-state index in [9.17, 15) is 23.8 Å². The molecule has 0 heterocycles. The minimum absolute atomic E-state index is 0.0782. The number of aliphatic carboxylic acids is 1. The van der Waals surface area contributed by atoms with Gasteiger partial charge in [-0.05, 0) is 51.4 Å². The van der Waals surface area contributed by atoms with Gasteiger partial charge in [0.1, 0.15) is 12.6 Å². The van der Waals surface area contributed by atoms with Gasteiger partial charge in [0, 0.05) is 12.8 Å². The Morgan fingerprint density at radius 1 is 0.556 bits per heavy atom. The van der Waals surface area contributed by atoms with Gasteiger partial charge in [-0.25, -0.2) is 4.57 Å². The average Bonchev–Trinajstić information content (AvgIpc) is 3.14. The summed E-state index contributed by atoms with van der Waals surface area (Å²) in [5, 5.41) is 8.88. The largest absolute Gasteiger partial charge is 0.480 e. The minimum Gasteiger partial charge on any atom is -0.480 e. The second-order valence-corrected chi connectivity index (χ2v) is 15.9. The Kier molecular flexibility index (Phi) is 36.4. The predicted molar refractivity (Wildman–Crippen MR) is 217 cm³/mol. The molecule has 4 N–H and O–H groups in total. The van der Waals surface area contributed by atoms with E-state index in [4.69, 9.17) is 24.8 Å². The van der Waals surface area contributed by atoms with E-state index in [0.717, 1.165) is 51.4 Å². The van der Waals surface area contributed by atoms with Crippen LogP contribution in [0.3, 0.4) is 0 Å². The molecule has 0 saturated heterocycles. The molecule has 0 aromatic rings. The zero-order chi connectivity index (χ0) is 40.0. The van der Waals surface area contributed by atoms with Crippen LogP contribution in [0, 0.1) is 0 Å². The van der Waals surface area contributed by atoms with Crippen molar-refractivity contribution < 1.29 is 47.5 Å². The fourth-order valence-electron chi connectivity index (χ4n) is 5.78. The summed E-state index contributed by atoms with van der Waals surface area (Å²) in [6.07, 6.45) is 38.3. The maximum absolute atomic E-state index is 12.6. The zero-order valence-electron chi connectivity index (χ0n) is 34.1. The number of carbonyl (C=O) groups is 3. The van der Waals surface area contributed by atoms with Crippen LogP contribution in [0.15, 0.2) is 24.3 Å². The van der Waals surface area contributed by atoms with Crippen molar-refractivity contribution in [2.45, 2.75) is 206 Å². The van der Waals surface area contributed by atoms with Gasteiger partial charge in [-0.15, -0.1) is 0 Å². The van der Waals surface area contributed by atoms with Gasteiger partial charge < -0.3 is 25.2 Å². The Morgan fingerprint density at radius 2 is 0.963 bits per heavy atom. The quantitative estimate of drug-likeness (QED) is 0.0233. The van der Waals surface area contributed by atoms with E-state index in [1.807, 2.05) is 6.08 Å². The Hall–Kier alpha value is -2.04. The number of esters is 2. The van der Waals surface area contributed by atoms with Crippen molar-refractivity contribution in [2.75, 3.05) is 19.8 Å². The lowest BCUT2D eigenvalue weighted by atomic mass is 10.1. The first kappa shape index (κ1) is 52.0. The van der Waals surface area contributed by atoms with E-state index in [-0.39, 0.29) is 19.4 Å². The summed E-state index contributed by atoms with van der Waals surface area (Å²) in [4.78, 5) is 45.8. The predicted octanol–water partition coefficient (Wildman–Crippen LogP) is 11.1. The van der Waals surface area contributed by atoms with Crippen molar-refractivity contribution in [1.82, 2.24) is 0 Å². The standard InChI is InChI=1S/C42H78NO10P/c1-3-5-7-9-11-13-15-17-19-21-23-25-27-29-31-33-40(44)50-35-38(36-51-54(48,49)52-37-39(43)42(46)47)53-41(45)34-32-30-28-26-24-22-20-18-16-14-12-10-8-6-4-2/h17,19,28,30,38-39H,3-16,18,20-27,29,31-37,43H2,1-2H3,(H,46,47)(H,48,49)/b19-17+,30-28+/t38-,39+/m1/s1. The highest BCUT2D eigenvalue weighted by Gasteiger charge is 2.28. The molecule has 0 radical (unpaired) electrons. The Morgan fingerprint density at radius 3 is 1.43 bits per heavy atom. The van der Waals surface area contributed by atoms with Crippen molar-refractivity contribution in [3.05, 3.63) is 24.3 Å². The van der Waals surface area contributed by atoms with Gasteiger partial charge in [-0.1, -0.05) is 154 Å². The average molecular weight is 788 g/mol. The van der Waals surface area contributed by atoms with Crippen LogP contribution < -0.4 is 5.73 Å². The molecule has 54 heavy (non-hydrogen) atoms. The number of nitrogens with two attached hydrogens (primary N) is 1. The number of phosphoric ester groups is 1. The van der Waals surface area contributed by atoms with Crippen LogP contribution in [0.25, 0.3) is 0 Å². The number of hydrogen-bond acceptors (Lipinski definition) is 9. The number of carboxylic acid groups (broad SMARTS) is 1. The van der Waals surface area contributed by atoms with Crippen molar-refractivity contribution in [3.63, 3.8) is 0 Å². The molecular weight excluding hydrogens is 709 g/mol. The van der Waals surface area contributed by atoms with Gasteiger partial charge in [0.25, 0.3) is 0 Å². The number of allylic oxidation sites excluding steroid dienone is 4. The fourth-order valence-corrected chi connectivity index (χ4v) is 6.56. The molecule has 0 aromatic heterocycles. The fraction of sp³-hybridized carbons (Fsp3) is 0.833. The molecule has 0 amide bonds. The number of phosphoric acid groups is 1. The van der Waals surface area contributed by atoms with Gasteiger partial charge in [-0.3, -0.25) is 23.4 Å². The van der Waals surface area contributed by atoms with E-state index >= 15 is 0 Å². The van der Waals surface area contributed by atoms with E-state index < -0.39 is 51.1 Å². The third kappa shape index (κ3) is 36.9. The molecule has 0 fully saturated rings. The molecule has 0 aliphatic carbocycles.